The quantitative estimate of drug-likeness (QED) is 0.857. The first kappa shape index (κ1) is 15.2. The second-order valence-electron chi connectivity index (χ2n) is 5.37. The van der Waals surface area contributed by atoms with Crippen LogP contribution in [-0.2, 0) is 6.54 Å². The molecule has 2 aromatic rings. The van der Waals surface area contributed by atoms with Crippen molar-refractivity contribution in [3.8, 4) is 0 Å². The van der Waals surface area contributed by atoms with Crippen LogP contribution in [-0.4, -0.2) is 17.0 Å². The highest BCUT2D eigenvalue weighted by atomic mass is 16.1. The predicted octanol–water partition coefficient (Wildman–Crippen LogP) is 3.01. The number of hydrogen-bond acceptors (Lipinski definition) is 2. The third-order valence-corrected chi connectivity index (χ3v) is 3.55. The molecule has 2 rings (SSSR count). The van der Waals surface area contributed by atoms with E-state index in [-0.39, 0.29) is 11.8 Å². The Kier molecular flexibility index (Phi) is 5.04. The Hall–Kier alpha value is -2.23. The van der Waals surface area contributed by atoms with Crippen LogP contribution in [0.15, 0.2) is 42.6 Å². The van der Waals surface area contributed by atoms with Crippen LogP contribution < -0.4 is 11.1 Å². The van der Waals surface area contributed by atoms with Crippen LogP contribution in [0, 0.1) is 0 Å². The van der Waals surface area contributed by atoms with Gasteiger partial charge in [-0.25, -0.2) is 0 Å². The topological polar surface area (TPSA) is 60.0 Å². The van der Waals surface area contributed by atoms with E-state index in [9.17, 15) is 4.79 Å². The van der Waals surface area contributed by atoms with Gasteiger partial charge in [0.15, 0.2) is 0 Å². The lowest BCUT2D eigenvalue weighted by molar-refractivity contribution is 0.0942. The van der Waals surface area contributed by atoms with Crippen molar-refractivity contribution in [1.29, 1.82) is 0 Å². The lowest BCUT2D eigenvalue weighted by atomic mass is 10.0. The normalized spacial score (nSPS) is 12.1. The van der Waals surface area contributed by atoms with Crippen LogP contribution in [0.5, 0.6) is 0 Å². The average Bonchev–Trinajstić information content (AvgIpc) is 2.86. The summed E-state index contributed by atoms with van der Waals surface area (Å²) in [6.07, 6.45) is 2.79. The first-order valence-corrected chi connectivity index (χ1v) is 7.40. The number of carbonyl (C=O) groups is 1. The number of nitrogens with two attached hydrogens (primary N) is 1. The summed E-state index contributed by atoms with van der Waals surface area (Å²) in [6, 6.07) is 11.9. The van der Waals surface area contributed by atoms with E-state index >= 15 is 0 Å². The smallest absolute Gasteiger partial charge is 0.268 e. The highest BCUT2D eigenvalue weighted by molar-refractivity contribution is 5.93. The van der Waals surface area contributed by atoms with Gasteiger partial charge in [0.1, 0.15) is 5.69 Å². The maximum atomic E-state index is 12.3. The zero-order chi connectivity index (χ0) is 15.2. The maximum absolute atomic E-state index is 12.3. The van der Waals surface area contributed by atoms with Crippen LogP contribution in [0.1, 0.15) is 42.2 Å². The van der Waals surface area contributed by atoms with Crippen molar-refractivity contribution in [3.05, 3.63) is 53.9 Å². The number of carbonyl (C=O) groups excluding carboxylic acids is 1. The molecule has 4 heteroatoms. The zero-order valence-corrected chi connectivity index (χ0v) is 12.7. The highest BCUT2D eigenvalue weighted by Gasteiger charge is 2.14. The molecule has 1 atom stereocenters. The number of hydrogen-bond donors (Lipinski definition) is 2. The molecule has 1 heterocycles. The van der Waals surface area contributed by atoms with E-state index < -0.39 is 0 Å². The van der Waals surface area contributed by atoms with E-state index in [0.717, 1.165) is 13.0 Å². The number of nitrogen functional groups attached to an aromatic ring is 1. The monoisotopic (exact) mass is 285 g/mol. The summed E-state index contributed by atoms with van der Waals surface area (Å²) in [5.41, 5.74) is 8.28. The molecule has 112 valence electrons. The third-order valence-electron chi connectivity index (χ3n) is 3.55. The molecule has 0 aliphatic rings. The van der Waals surface area contributed by atoms with Gasteiger partial charge in [0.2, 0.25) is 0 Å². The van der Waals surface area contributed by atoms with Crippen molar-refractivity contribution in [1.82, 2.24) is 9.88 Å². The molecular formula is C17H23N3O. The lowest BCUT2D eigenvalue weighted by Gasteiger charge is -2.14. The van der Waals surface area contributed by atoms with Gasteiger partial charge in [-0.1, -0.05) is 44.2 Å². The fraction of sp³-hybridized carbons (Fsp3) is 0.353. The molecule has 1 amide bonds. The largest absolute Gasteiger partial charge is 0.397 e. The lowest BCUT2D eigenvalue weighted by Crippen LogP contribution is -2.29. The molecule has 0 radical (unpaired) electrons. The van der Waals surface area contributed by atoms with Crippen molar-refractivity contribution in [3.63, 3.8) is 0 Å². The number of benzene rings is 1. The Bertz CT molecular complexity index is 589. The van der Waals surface area contributed by atoms with Crippen molar-refractivity contribution < 1.29 is 4.79 Å². The van der Waals surface area contributed by atoms with E-state index in [1.54, 1.807) is 6.07 Å². The van der Waals surface area contributed by atoms with Gasteiger partial charge in [0.25, 0.3) is 5.91 Å². The molecule has 0 aliphatic carbocycles. The number of rotatable bonds is 6. The zero-order valence-electron chi connectivity index (χ0n) is 12.7. The van der Waals surface area contributed by atoms with Gasteiger partial charge in [-0.3, -0.25) is 4.79 Å². The number of amides is 1. The Morgan fingerprint density at radius 3 is 2.71 bits per heavy atom. The first-order chi connectivity index (χ1) is 10.1. The van der Waals surface area contributed by atoms with E-state index in [1.165, 1.54) is 5.56 Å². The van der Waals surface area contributed by atoms with Gasteiger partial charge in [-0.15, -0.1) is 0 Å². The summed E-state index contributed by atoms with van der Waals surface area (Å²) in [7, 11) is 0. The van der Waals surface area contributed by atoms with Crippen molar-refractivity contribution in [2.45, 2.75) is 32.7 Å². The molecule has 0 saturated heterocycles. The number of aryl methyl sites for hydroxylation is 1. The molecule has 0 bridgehead atoms. The first-order valence-electron chi connectivity index (χ1n) is 7.40. The predicted molar refractivity (Wildman–Crippen MR) is 86.3 cm³/mol. The highest BCUT2D eigenvalue weighted by Crippen LogP contribution is 2.15. The van der Waals surface area contributed by atoms with E-state index in [4.69, 9.17) is 5.73 Å². The molecule has 0 fully saturated rings. The second kappa shape index (κ2) is 6.97. The van der Waals surface area contributed by atoms with Gasteiger partial charge in [0.05, 0.1) is 5.69 Å². The Morgan fingerprint density at radius 2 is 2.05 bits per heavy atom. The van der Waals surface area contributed by atoms with Gasteiger partial charge < -0.3 is 15.6 Å². The van der Waals surface area contributed by atoms with Crippen molar-refractivity contribution in [2.75, 3.05) is 12.3 Å². The van der Waals surface area contributed by atoms with Gasteiger partial charge >= 0.3 is 0 Å². The minimum Gasteiger partial charge on any atom is -0.397 e. The molecule has 1 aromatic heterocycles. The summed E-state index contributed by atoms with van der Waals surface area (Å²) in [6.45, 7) is 5.60. The van der Waals surface area contributed by atoms with E-state index in [2.05, 4.69) is 31.3 Å². The Balaban J connectivity index is 1.99. The summed E-state index contributed by atoms with van der Waals surface area (Å²) < 4.78 is 1.91. The van der Waals surface area contributed by atoms with Crippen molar-refractivity contribution in [2.24, 2.45) is 0 Å². The number of nitrogens with zero attached hydrogens (tertiary/aromatic N) is 1. The fourth-order valence-electron chi connectivity index (χ4n) is 2.39. The van der Waals surface area contributed by atoms with Crippen molar-refractivity contribution >= 4 is 11.6 Å². The van der Waals surface area contributed by atoms with Crippen LogP contribution in [0.2, 0.25) is 0 Å². The number of nitrogens with one attached hydrogen (secondary N) is 1. The summed E-state index contributed by atoms with van der Waals surface area (Å²) in [5, 5.41) is 2.99. The van der Waals surface area contributed by atoms with Crippen LogP contribution in [0.3, 0.4) is 0 Å². The molecule has 4 nitrogen and oxygen atoms in total. The SMILES string of the molecule is CCCn1cc(N)cc1C(=O)NCC(C)c1ccccc1. The molecular weight excluding hydrogens is 262 g/mol. The Labute approximate surface area is 126 Å². The molecule has 21 heavy (non-hydrogen) atoms. The van der Waals surface area contributed by atoms with Crippen LogP contribution >= 0.6 is 0 Å². The minimum atomic E-state index is -0.0667. The third kappa shape index (κ3) is 3.88. The fourth-order valence-corrected chi connectivity index (χ4v) is 2.39. The molecule has 1 unspecified atom stereocenters. The van der Waals surface area contributed by atoms with Gasteiger partial charge in [-0.2, -0.15) is 0 Å². The van der Waals surface area contributed by atoms with Gasteiger partial charge in [-0.05, 0) is 24.0 Å². The summed E-state index contributed by atoms with van der Waals surface area (Å²) in [4.78, 5) is 12.3. The van der Waals surface area contributed by atoms with E-state index in [0.29, 0.717) is 17.9 Å². The average molecular weight is 285 g/mol. The van der Waals surface area contributed by atoms with Gasteiger partial charge in [0, 0.05) is 19.3 Å². The second-order valence-corrected chi connectivity index (χ2v) is 5.37. The van der Waals surface area contributed by atoms with Crippen LogP contribution in [0.4, 0.5) is 5.69 Å². The molecule has 0 spiro atoms. The summed E-state index contributed by atoms with van der Waals surface area (Å²) >= 11 is 0. The maximum Gasteiger partial charge on any atom is 0.268 e. The number of aromatic nitrogens is 1. The minimum absolute atomic E-state index is 0.0667. The molecule has 1 aromatic carbocycles. The van der Waals surface area contributed by atoms with Crippen LogP contribution in [0.25, 0.3) is 0 Å². The molecule has 3 N–H and O–H groups in total. The summed E-state index contributed by atoms with van der Waals surface area (Å²) in [5.74, 6) is 0.213. The molecule has 0 aliphatic heterocycles. The number of anilines is 1. The molecule has 0 saturated carbocycles. The Morgan fingerprint density at radius 1 is 1.33 bits per heavy atom. The standard InChI is InChI=1S/C17H23N3O/c1-3-9-20-12-15(18)10-16(20)17(21)19-11-13(2)14-7-5-4-6-8-14/h4-8,10,12-13H,3,9,11,18H2,1-2H3,(H,19,21). The van der Waals surface area contributed by atoms with E-state index in [1.807, 2.05) is 29.0 Å².